The molecule has 2 heterocycles. The van der Waals surface area contributed by atoms with Gasteiger partial charge in [0.2, 0.25) is 0 Å². The van der Waals surface area contributed by atoms with Gasteiger partial charge in [-0.15, -0.1) is 11.3 Å². The lowest BCUT2D eigenvalue weighted by Crippen LogP contribution is -2.30. The molecule has 0 aliphatic heterocycles. The molecule has 0 aliphatic rings. The summed E-state index contributed by atoms with van der Waals surface area (Å²) in [4.78, 5) is 5.49. The van der Waals surface area contributed by atoms with Crippen molar-refractivity contribution in [3.05, 3.63) is 32.9 Å². The molecule has 2 rings (SSSR count). The van der Waals surface area contributed by atoms with Crippen LogP contribution in [-0.2, 0) is 6.42 Å². The van der Waals surface area contributed by atoms with Gasteiger partial charge in [0, 0.05) is 27.2 Å². The van der Waals surface area contributed by atoms with E-state index in [2.05, 4.69) is 51.4 Å². The van der Waals surface area contributed by atoms with Crippen molar-refractivity contribution in [3.8, 4) is 0 Å². The standard InChI is InChI=1S/C11H16BrN5S/c1-7(2)17-11(14-6-15-17)4-9(16-13)10-3-8(12)5-18-10/h3,5-7,9,16H,4,13H2,1-2H3. The molecule has 0 saturated carbocycles. The molecule has 1 atom stereocenters. The Hall–Kier alpha value is -0.760. The Kier molecular flexibility index (Phi) is 4.50. The zero-order chi connectivity index (χ0) is 13.1. The van der Waals surface area contributed by atoms with Gasteiger partial charge >= 0.3 is 0 Å². The highest BCUT2D eigenvalue weighted by molar-refractivity contribution is 9.10. The van der Waals surface area contributed by atoms with Crippen molar-refractivity contribution in [2.75, 3.05) is 0 Å². The lowest BCUT2D eigenvalue weighted by molar-refractivity contribution is 0.471. The first-order valence-corrected chi connectivity index (χ1v) is 7.37. The van der Waals surface area contributed by atoms with Crippen LogP contribution in [0.25, 0.3) is 0 Å². The van der Waals surface area contributed by atoms with Crippen LogP contribution in [0.4, 0.5) is 0 Å². The molecule has 1 unspecified atom stereocenters. The van der Waals surface area contributed by atoms with Crippen molar-refractivity contribution < 1.29 is 0 Å². The van der Waals surface area contributed by atoms with Crippen LogP contribution < -0.4 is 11.3 Å². The zero-order valence-corrected chi connectivity index (χ0v) is 12.7. The predicted molar refractivity (Wildman–Crippen MR) is 76.2 cm³/mol. The highest BCUT2D eigenvalue weighted by Crippen LogP contribution is 2.27. The van der Waals surface area contributed by atoms with Crippen LogP contribution in [0.3, 0.4) is 0 Å². The van der Waals surface area contributed by atoms with Gasteiger partial charge in [-0.1, -0.05) is 0 Å². The maximum atomic E-state index is 5.64. The third kappa shape index (κ3) is 2.97. The Morgan fingerprint density at radius 2 is 2.33 bits per heavy atom. The van der Waals surface area contributed by atoms with E-state index in [0.717, 1.165) is 16.7 Å². The van der Waals surface area contributed by atoms with Crippen LogP contribution in [0.1, 0.15) is 36.6 Å². The van der Waals surface area contributed by atoms with E-state index in [9.17, 15) is 0 Å². The topological polar surface area (TPSA) is 68.8 Å². The minimum absolute atomic E-state index is 0.0583. The van der Waals surface area contributed by atoms with E-state index in [1.54, 1.807) is 17.7 Å². The van der Waals surface area contributed by atoms with E-state index in [1.165, 1.54) is 4.88 Å². The van der Waals surface area contributed by atoms with Crippen molar-refractivity contribution in [2.24, 2.45) is 5.84 Å². The van der Waals surface area contributed by atoms with E-state index in [-0.39, 0.29) is 6.04 Å². The number of nitrogens with zero attached hydrogens (tertiary/aromatic N) is 3. The third-order valence-corrected chi connectivity index (χ3v) is 4.46. The number of aromatic nitrogens is 3. The average Bonchev–Trinajstić information content (AvgIpc) is 2.94. The van der Waals surface area contributed by atoms with E-state index >= 15 is 0 Å². The predicted octanol–water partition coefficient (Wildman–Crippen LogP) is 2.43. The fourth-order valence-electron chi connectivity index (χ4n) is 1.79. The SMILES string of the molecule is CC(C)n1ncnc1CC(NN)c1cc(Br)cs1. The maximum absolute atomic E-state index is 5.64. The fourth-order valence-corrected chi connectivity index (χ4v) is 3.29. The average molecular weight is 330 g/mol. The van der Waals surface area contributed by atoms with Crippen molar-refractivity contribution in [3.63, 3.8) is 0 Å². The summed E-state index contributed by atoms with van der Waals surface area (Å²) in [5, 5.41) is 6.28. The molecule has 0 bridgehead atoms. The van der Waals surface area contributed by atoms with Gasteiger partial charge in [-0.3, -0.25) is 11.3 Å². The number of hydrogen-bond donors (Lipinski definition) is 2. The van der Waals surface area contributed by atoms with Crippen LogP contribution in [0.2, 0.25) is 0 Å². The summed E-state index contributed by atoms with van der Waals surface area (Å²) >= 11 is 5.13. The lowest BCUT2D eigenvalue weighted by atomic mass is 10.1. The maximum Gasteiger partial charge on any atom is 0.138 e. The molecule has 7 heteroatoms. The van der Waals surface area contributed by atoms with Gasteiger partial charge in [0.15, 0.2) is 0 Å². The van der Waals surface area contributed by atoms with Crippen LogP contribution >= 0.6 is 27.3 Å². The summed E-state index contributed by atoms with van der Waals surface area (Å²) in [6.07, 6.45) is 2.31. The first-order valence-electron chi connectivity index (χ1n) is 5.70. The highest BCUT2D eigenvalue weighted by atomic mass is 79.9. The molecular weight excluding hydrogens is 314 g/mol. The summed E-state index contributed by atoms with van der Waals surface area (Å²) in [5.41, 5.74) is 2.84. The number of nitrogens with one attached hydrogen (secondary N) is 1. The molecule has 0 amide bonds. The van der Waals surface area contributed by atoms with Crippen LogP contribution in [-0.4, -0.2) is 14.8 Å². The van der Waals surface area contributed by atoms with Crippen LogP contribution in [0.15, 0.2) is 22.2 Å². The monoisotopic (exact) mass is 329 g/mol. The van der Waals surface area contributed by atoms with Crippen molar-refractivity contribution >= 4 is 27.3 Å². The number of hydrogen-bond acceptors (Lipinski definition) is 5. The van der Waals surface area contributed by atoms with Crippen LogP contribution in [0, 0.1) is 0 Å². The molecule has 3 N–H and O–H groups in total. The Labute approximate surface area is 119 Å². The molecule has 0 aromatic carbocycles. The zero-order valence-electron chi connectivity index (χ0n) is 10.3. The number of halogens is 1. The van der Waals surface area contributed by atoms with E-state index in [1.807, 2.05) is 10.1 Å². The van der Waals surface area contributed by atoms with Gasteiger partial charge in [-0.05, 0) is 35.8 Å². The Morgan fingerprint density at radius 3 is 2.89 bits per heavy atom. The number of nitrogens with two attached hydrogens (primary N) is 1. The Balaban J connectivity index is 2.18. The third-order valence-electron chi connectivity index (χ3n) is 2.66. The van der Waals surface area contributed by atoms with Gasteiger partial charge in [0.05, 0.1) is 6.04 Å². The van der Waals surface area contributed by atoms with Crippen molar-refractivity contribution in [2.45, 2.75) is 32.4 Å². The number of thiophene rings is 1. The van der Waals surface area contributed by atoms with Gasteiger partial charge in [0.1, 0.15) is 12.2 Å². The quantitative estimate of drug-likeness (QED) is 0.653. The minimum atomic E-state index is 0.0583. The molecule has 2 aromatic rings. The van der Waals surface area contributed by atoms with Gasteiger partial charge < -0.3 is 0 Å². The highest BCUT2D eigenvalue weighted by Gasteiger charge is 2.17. The second-order valence-corrected chi connectivity index (χ2v) is 6.16. The summed E-state index contributed by atoms with van der Waals surface area (Å²) in [6, 6.07) is 2.43. The van der Waals surface area contributed by atoms with E-state index in [0.29, 0.717) is 6.04 Å². The van der Waals surface area contributed by atoms with Crippen LogP contribution in [0.5, 0.6) is 0 Å². The molecule has 5 nitrogen and oxygen atoms in total. The smallest absolute Gasteiger partial charge is 0.138 e. The van der Waals surface area contributed by atoms with E-state index < -0.39 is 0 Å². The summed E-state index contributed by atoms with van der Waals surface area (Å²) < 4.78 is 3.00. The molecule has 0 aliphatic carbocycles. The lowest BCUT2D eigenvalue weighted by Gasteiger charge is -2.15. The summed E-state index contributed by atoms with van der Waals surface area (Å²) in [6.45, 7) is 4.18. The molecule has 0 saturated heterocycles. The minimum Gasteiger partial charge on any atom is -0.271 e. The van der Waals surface area contributed by atoms with Crippen molar-refractivity contribution in [1.82, 2.24) is 20.2 Å². The van der Waals surface area contributed by atoms with Gasteiger partial charge in [0.25, 0.3) is 0 Å². The first-order chi connectivity index (χ1) is 8.61. The second kappa shape index (κ2) is 5.92. The molecule has 2 aromatic heterocycles. The molecule has 0 spiro atoms. The molecule has 18 heavy (non-hydrogen) atoms. The largest absolute Gasteiger partial charge is 0.271 e. The normalized spacial score (nSPS) is 13.2. The Morgan fingerprint density at radius 1 is 1.56 bits per heavy atom. The molecular formula is C11H16BrN5S. The fraction of sp³-hybridized carbons (Fsp3) is 0.455. The number of rotatable bonds is 5. The van der Waals surface area contributed by atoms with E-state index in [4.69, 9.17) is 5.84 Å². The number of hydrazine groups is 1. The molecule has 0 radical (unpaired) electrons. The van der Waals surface area contributed by atoms with Gasteiger partial charge in [-0.25, -0.2) is 9.67 Å². The summed E-state index contributed by atoms with van der Waals surface area (Å²) in [7, 11) is 0. The van der Waals surface area contributed by atoms with Crippen molar-refractivity contribution in [1.29, 1.82) is 0 Å². The summed E-state index contributed by atoms with van der Waals surface area (Å²) in [5.74, 6) is 6.58. The molecule has 0 fully saturated rings. The Bertz CT molecular complexity index is 507. The first kappa shape index (κ1) is 13.7. The van der Waals surface area contributed by atoms with Gasteiger partial charge in [-0.2, -0.15) is 5.10 Å². The molecule has 98 valence electrons. The second-order valence-electron chi connectivity index (χ2n) is 4.31.